The van der Waals surface area contributed by atoms with Gasteiger partial charge in [-0.1, -0.05) is 0 Å². The van der Waals surface area contributed by atoms with Gasteiger partial charge in [-0.2, -0.15) is 4.31 Å². The van der Waals surface area contributed by atoms with Crippen LogP contribution >= 0.6 is 0 Å². The summed E-state index contributed by atoms with van der Waals surface area (Å²) >= 11 is 0. The monoisotopic (exact) mass is 444 g/mol. The van der Waals surface area contributed by atoms with Gasteiger partial charge in [0.05, 0.1) is 18.1 Å². The number of carbonyl (C=O) groups is 1. The summed E-state index contributed by atoms with van der Waals surface area (Å²) in [6, 6.07) is 9.52. The highest BCUT2D eigenvalue weighted by atomic mass is 32.2. The van der Waals surface area contributed by atoms with Crippen molar-refractivity contribution in [3.05, 3.63) is 52.4 Å². The van der Waals surface area contributed by atoms with Gasteiger partial charge in [0.25, 0.3) is 5.91 Å². The first kappa shape index (κ1) is 21.1. The van der Waals surface area contributed by atoms with Crippen molar-refractivity contribution in [1.29, 1.82) is 0 Å². The fourth-order valence-electron chi connectivity index (χ4n) is 3.87. The van der Waals surface area contributed by atoms with E-state index in [1.165, 1.54) is 38.7 Å². The fourth-order valence-corrected chi connectivity index (χ4v) is 5.57. The second-order valence-corrected chi connectivity index (χ2v) is 9.44. The van der Waals surface area contributed by atoms with Gasteiger partial charge in [-0.3, -0.25) is 13.9 Å². The molecule has 1 N–H and O–H groups in total. The van der Waals surface area contributed by atoms with E-state index in [2.05, 4.69) is 5.32 Å². The van der Waals surface area contributed by atoms with E-state index in [4.69, 9.17) is 4.74 Å². The van der Waals surface area contributed by atoms with Crippen molar-refractivity contribution in [2.24, 2.45) is 14.1 Å². The van der Waals surface area contributed by atoms with Crippen molar-refractivity contribution in [2.45, 2.75) is 17.7 Å². The minimum absolute atomic E-state index is 0.0227. The van der Waals surface area contributed by atoms with Gasteiger partial charge in [0.2, 0.25) is 10.0 Å². The van der Waals surface area contributed by atoms with Crippen LogP contribution in [0.3, 0.4) is 0 Å². The molecule has 0 bridgehead atoms. The smallest absolute Gasteiger partial charge is 0.328 e. The second kappa shape index (κ2) is 7.86. The van der Waals surface area contributed by atoms with E-state index >= 15 is 0 Å². The summed E-state index contributed by atoms with van der Waals surface area (Å²) in [5.41, 5.74) is 1.95. The van der Waals surface area contributed by atoms with Gasteiger partial charge < -0.3 is 10.1 Å². The summed E-state index contributed by atoms with van der Waals surface area (Å²) in [4.78, 5) is 25.0. The summed E-state index contributed by atoms with van der Waals surface area (Å²) in [7, 11) is 0.986. The molecule has 0 saturated carbocycles. The third-order valence-electron chi connectivity index (χ3n) is 5.64. The summed E-state index contributed by atoms with van der Waals surface area (Å²) in [6.07, 6.45) is 1.62. The molecule has 31 heavy (non-hydrogen) atoms. The number of hydrogen-bond donors (Lipinski definition) is 1. The van der Waals surface area contributed by atoms with Gasteiger partial charge in [-0.05, 0) is 49.2 Å². The molecule has 10 heteroatoms. The van der Waals surface area contributed by atoms with Crippen LogP contribution in [0.2, 0.25) is 0 Å². The van der Waals surface area contributed by atoms with Crippen LogP contribution < -0.4 is 15.7 Å². The number of nitrogens with one attached hydrogen (secondary N) is 1. The molecule has 1 aliphatic heterocycles. The summed E-state index contributed by atoms with van der Waals surface area (Å²) in [6.45, 7) is 0.912. The van der Waals surface area contributed by atoms with E-state index < -0.39 is 15.9 Å². The van der Waals surface area contributed by atoms with Gasteiger partial charge in [-0.15, -0.1) is 0 Å². The van der Waals surface area contributed by atoms with E-state index in [0.717, 1.165) is 18.4 Å². The molecule has 0 radical (unpaired) electrons. The summed E-state index contributed by atoms with van der Waals surface area (Å²) < 4.78 is 35.8. The number of carbonyl (C=O) groups excluding carboxylic acids is 1. The number of sulfonamides is 1. The van der Waals surface area contributed by atoms with Gasteiger partial charge in [0.1, 0.15) is 10.6 Å². The Morgan fingerprint density at radius 2 is 1.68 bits per heavy atom. The van der Waals surface area contributed by atoms with E-state index in [9.17, 15) is 18.0 Å². The molecule has 4 rings (SSSR count). The topological polar surface area (TPSA) is 103 Å². The van der Waals surface area contributed by atoms with Crippen molar-refractivity contribution >= 4 is 32.7 Å². The van der Waals surface area contributed by atoms with Crippen LogP contribution in [-0.4, -0.2) is 48.0 Å². The number of fused-ring (bicyclic) bond motifs is 1. The lowest BCUT2D eigenvalue weighted by molar-refractivity contribution is 0.102. The van der Waals surface area contributed by atoms with Gasteiger partial charge in [-0.25, -0.2) is 13.2 Å². The quantitative estimate of drug-likeness (QED) is 0.648. The number of benzene rings is 2. The fraction of sp³-hybridized carbons (Fsp3) is 0.333. The van der Waals surface area contributed by atoms with Gasteiger partial charge in [0, 0.05) is 38.4 Å². The Morgan fingerprint density at radius 1 is 1.00 bits per heavy atom. The Balaban J connectivity index is 1.67. The Bertz CT molecular complexity index is 1330. The Labute approximate surface area is 179 Å². The molecule has 2 heterocycles. The van der Waals surface area contributed by atoms with Crippen LogP contribution in [0, 0.1) is 0 Å². The molecule has 1 saturated heterocycles. The maximum Gasteiger partial charge on any atom is 0.328 e. The number of methoxy groups -OCH3 is 1. The van der Waals surface area contributed by atoms with Crippen LogP contribution in [0.5, 0.6) is 5.75 Å². The standard InChI is InChI=1S/C21H24N4O5S/c1-23-16-8-7-15(13-17(16)24(2)21(23)27)22-20(26)14-6-9-18(30-3)19(12-14)31(28,29)25-10-4-5-11-25/h6-9,12-13H,4-5,10-11H2,1-3H3,(H,22,26). The van der Waals surface area contributed by atoms with Crippen molar-refractivity contribution in [1.82, 2.24) is 13.4 Å². The van der Waals surface area contributed by atoms with Crippen molar-refractivity contribution < 1.29 is 17.9 Å². The number of aromatic nitrogens is 2. The highest BCUT2D eigenvalue weighted by Crippen LogP contribution is 2.30. The maximum atomic E-state index is 13.0. The molecule has 0 unspecified atom stereocenters. The Kier molecular flexibility index (Phi) is 5.36. The van der Waals surface area contributed by atoms with E-state index in [0.29, 0.717) is 24.3 Å². The van der Waals surface area contributed by atoms with Gasteiger partial charge >= 0.3 is 5.69 Å². The molecule has 1 aromatic heterocycles. The number of nitrogens with zero attached hydrogens (tertiary/aromatic N) is 3. The van der Waals surface area contributed by atoms with Crippen molar-refractivity contribution in [3.63, 3.8) is 0 Å². The average Bonchev–Trinajstić information content (AvgIpc) is 3.38. The number of anilines is 1. The molecule has 1 aliphatic rings. The molecular weight excluding hydrogens is 420 g/mol. The minimum atomic E-state index is -3.76. The highest BCUT2D eigenvalue weighted by molar-refractivity contribution is 7.89. The molecule has 3 aromatic rings. The van der Waals surface area contributed by atoms with E-state index in [-0.39, 0.29) is 21.9 Å². The van der Waals surface area contributed by atoms with Crippen LogP contribution in [0.15, 0.2) is 46.1 Å². The maximum absolute atomic E-state index is 13.0. The SMILES string of the molecule is COc1ccc(C(=O)Nc2ccc3c(c2)n(C)c(=O)n3C)cc1S(=O)(=O)N1CCCC1. The van der Waals surface area contributed by atoms with Crippen LogP contribution in [-0.2, 0) is 24.1 Å². The first-order valence-electron chi connectivity index (χ1n) is 9.89. The number of amides is 1. The van der Waals surface area contributed by atoms with Crippen molar-refractivity contribution in [3.8, 4) is 5.75 Å². The molecule has 0 spiro atoms. The molecule has 1 fully saturated rings. The van der Waals surface area contributed by atoms with Crippen LogP contribution in [0.4, 0.5) is 5.69 Å². The number of rotatable bonds is 5. The Hall–Kier alpha value is -3.11. The number of aryl methyl sites for hydroxylation is 2. The lowest BCUT2D eigenvalue weighted by Crippen LogP contribution is -2.28. The first-order chi connectivity index (χ1) is 14.7. The van der Waals surface area contributed by atoms with Gasteiger partial charge in [0.15, 0.2) is 0 Å². The molecule has 0 atom stereocenters. The zero-order valence-corrected chi connectivity index (χ0v) is 18.4. The lowest BCUT2D eigenvalue weighted by Gasteiger charge is -2.18. The second-order valence-electron chi connectivity index (χ2n) is 7.54. The van der Waals surface area contributed by atoms with Crippen LogP contribution in [0.25, 0.3) is 11.0 Å². The van der Waals surface area contributed by atoms with E-state index in [1.807, 2.05) is 0 Å². The highest BCUT2D eigenvalue weighted by Gasteiger charge is 2.30. The third kappa shape index (κ3) is 3.61. The van der Waals surface area contributed by atoms with Crippen LogP contribution in [0.1, 0.15) is 23.2 Å². The molecule has 9 nitrogen and oxygen atoms in total. The average molecular weight is 445 g/mol. The van der Waals surface area contributed by atoms with Crippen molar-refractivity contribution in [2.75, 3.05) is 25.5 Å². The zero-order chi connectivity index (χ0) is 22.3. The van der Waals surface area contributed by atoms with E-state index in [1.54, 1.807) is 32.3 Å². The number of ether oxygens (including phenoxy) is 1. The molecule has 1 amide bonds. The largest absolute Gasteiger partial charge is 0.495 e. The minimum Gasteiger partial charge on any atom is -0.495 e. The predicted octanol–water partition coefficient (Wildman–Crippen LogP) is 1.92. The zero-order valence-electron chi connectivity index (χ0n) is 17.6. The Morgan fingerprint density at radius 3 is 2.35 bits per heavy atom. The molecule has 164 valence electrons. The third-order valence-corrected chi connectivity index (χ3v) is 7.56. The summed E-state index contributed by atoms with van der Waals surface area (Å²) in [5.74, 6) is -0.259. The normalized spacial score (nSPS) is 14.8. The molecule has 0 aliphatic carbocycles. The molecular formula is C21H24N4O5S. The number of imidazole rings is 1. The predicted molar refractivity (Wildman–Crippen MR) is 117 cm³/mol. The lowest BCUT2D eigenvalue weighted by atomic mass is 10.2. The first-order valence-corrected chi connectivity index (χ1v) is 11.3. The summed E-state index contributed by atoms with van der Waals surface area (Å²) in [5, 5.41) is 2.78. The number of hydrogen-bond acceptors (Lipinski definition) is 5. The molecule has 2 aromatic carbocycles.